The van der Waals surface area contributed by atoms with Crippen LogP contribution in [0.1, 0.15) is 38.1 Å². The van der Waals surface area contributed by atoms with Gasteiger partial charge in [-0.2, -0.15) is 0 Å². The van der Waals surface area contributed by atoms with Gasteiger partial charge in [0.15, 0.2) is 5.15 Å². The summed E-state index contributed by atoms with van der Waals surface area (Å²) >= 11 is 6.22. The van der Waals surface area contributed by atoms with E-state index in [1.54, 1.807) is 6.07 Å². The van der Waals surface area contributed by atoms with Gasteiger partial charge in [-0.15, -0.1) is 0 Å². The highest BCUT2D eigenvalue weighted by molar-refractivity contribution is 6.33. The highest BCUT2D eigenvalue weighted by atomic mass is 35.5. The minimum Gasteiger partial charge on any atom is -0.410 e. The Morgan fingerprint density at radius 2 is 1.87 bits per heavy atom. The molecule has 1 aliphatic rings. The number of nitrogens with zero attached hydrogens (tertiary/aromatic N) is 2. The maximum atomic E-state index is 12.4. The van der Waals surface area contributed by atoms with E-state index in [9.17, 15) is 4.79 Å². The van der Waals surface area contributed by atoms with Crippen LogP contribution in [0, 0.1) is 0 Å². The molecule has 0 radical (unpaired) electrons. The van der Waals surface area contributed by atoms with E-state index < -0.39 is 6.09 Å². The summed E-state index contributed by atoms with van der Waals surface area (Å²) in [5.41, 5.74) is 2.37. The van der Waals surface area contributed by atoms with E-state index in [4.69, 9.17) is 16.3 Å². The van der Waals surface area contributed by atoms with E-state index in [-0.39, 0.29) is 5.15 Å². The molecule has 30 heavy (non-hydrogen) atoms. The van der Waals surface area contributed by atoms with Gasteiger partial charge in [0.1, 0.15) is 5.75 Å². The second-order valence-electron chi connectivity index (χ2n) is 7.77. The SMILES string of the molecule is O=C(Nc1cc2ccccc2nc1Cl)Oc1ccc2c(ccn2C2CCCCC2)c1. The van der Waals surface area contributed by atoms with Crippen molar-refractivity contribution in [2.24, 2.45) is 0 Å². The molecule has 0 saturated heterocycles. The minimum atomic E-state index is -0.597. The zero-order valence-electron chi connectivity index (χ0n) is 16.5. The molecule has 2 aromatic heterocycles. The van der Waals surface area contributed by atoms with Crippen LogP contribution in [0.25, 0.3) is 21.8 Å². The number of benzene rings is 2. The molecular formula is C24H22ClN3O2. The van der Waals surface area contributed by atoms with Crippen LogP contribution in [0.3, 0.4) is 0 Å². The first-order valence-corrected chi connectivity index (χ1v) is 10.7. The molecule has 5 nitrogen and oxygen atoms in total. The predicted octanol–water partition coefficient (Wildman–Crippen LogP) is 6.96. The van der Waals surface area contributed by atoms with Gasteiger partial charge in [0.25, 0.3) is 0 Å². The number of anilines is 1. The van der Waals surface area contributed by atoms with E-state index in [0.717, 1.165) is 16.3 Å². The standard InChI is InChI=1S/C24H22ClN3O2/c25-23-21(15-16-6-4-5-9-20(16)26-23)27-24(29)30-19-10-11-22-17(14-19)12-13-28(22)18-7-2-1-3-8-18/h4-6,9-15,18H,1-3,7-8H2,(H,27,29). The topological polar surface area (TPSA) is 56.1 Å². The van der Waals surface area contributed by atoms with Gasteiger partial charge in [0, 0.05) is 28.5 Å². The molecule has 1 aliphatic carbocycles. The highest BCUT2D eigenvalue weighted by Gasteiger charge is 2.17. The fourth-order valence-corrected chi connectivity index (χ4v) is 4.50. The van der Waals surface area contributed by atoms with Gasteiger partial charge < -0.3 is 9.30 Å². The highest BCUT2D eigenvalue weighted by Crippen LogP contribution is 2.33. The van der Waals surface area contributed by atoms with Gasteiger partial charge in [-0.1, -0.05) is 49.1 Å². The fourth-order valence-electron chi connectivity index (χ4n) is 4.31. The van der Waals surface area contributed by atoms with E-state index in [1.165, 1.54) is 37.6 Å². The van der Waals surface area contributed by atoms with Crippen LogP contribution in [-0.2, 0) is 0 Å². The van der Waals surface area contributed by atoms with Crippen molar-refractivity contribution in [1.29, 1.82) is 0 Å². The number of nitrogens with one attached hydrogen (secondary N) is 1. The summed E-state index contributed by atoms with van der Waals surface area (Å²) in [6.07, 6.45) is 7.91. The van der Waals surface area contributed by atoms with E-state index in [1.807, 2.05) is 42.5 Å². The number of halogens is 1. The monoisotopic (exact) mass is 419 g/mol. The van der Waals surface area contributed by atoms with Crippen molar-refractivity contribution < 1.29 is 9.53 Å². The molecule has 0 bridgehead atoms. The third kappa shape index (κ3) is 3.73. The quantitative estimate of drug-likeness (QED) is 0.365. The van der Waals surface area contributed by atoms with Crippen molar-refractivity contribution in [2.75, 3.05) is 5.32 Å². The molecular weight excluding hydrogens is 398 g/mol. The summed E-state index contributed by atoms with van der Waals surface area (Å²) in [5.74, 6) is 0.492. The third-order valence-electron chi connectivity index (χ3n) is 5.78. The molecule has 1 N–H and O–H groups in total. The van der Waals surface area contributed by atoms with Gasteiger partial charge >= 0.3 is 6.09 Å². The molecule has 152 valence electrons. The number of rotatable bonds is 3. The van der Waals surface area contributed by atoms with Crippen molar-refractivity contribution in [1.82, 2.24) is 9.55 Å². The maximum absolute atomic E-state index is 12.4. The third-order valence-corrected chi connectivity index (χ3v) is 6.07. The van der Waals surface area contributed by atoms with E-state index >= 15 is 0 Å². The Kier molecular flexibility index (Phi) is 5.05. The molecule has 0 spiro atoms. The lowest BCUT2D eigenvalue weighted by Crippen LogP contribution is -2.17. The lowest BCUT2D eigenvalue weighted by Gasteiger charge is -2.24. The first-order valence-electron chi connectivity index (χ1n) is 10.3. The zero-order valence-corrected chi connectivity index (χ0v) is 17.2. The Bertz CT molecular complexity index is 1230. The summed E-state index contributed by atoms with van der Waals surface area (Å²) in [6.45, 7) is 0. The molecule has 2 aromatic carbocycles. The number of ether oxygens (including phenoxy) is 1. The summed E-state index contributed by atoms with van der Waals surface area (Å²) in [7, 11) is 0. The number of carbonyl (C=O) groups is 1. The van der Waals surface area contributed by atoms with Crippen molar-refractivity contribution in [2.45, 2.75) is 38.1 Å². The predicted molar refractivity (Wildman–Crippen MR) is 120 cm³/mol. The Morgan fingerprint density at radius 3 is 2.73 bits per heavy atom. The fraction of sp³-hybridized carbons (Fsp3) is 0.250. The molecule has 4 aromatic rings. The molecule has 1 fully saturated rings. The summed E-state index contributed by atoms with van der Waals surface area (Å²) in [6, 6.07) is 17.8. The number of amides is 1. The first kappa shape index (κ1) is 18.9. The molecule has 5 rings (SSSR count). The minimum absolute atomic E-state index is 0.227. The zero-order chi connectivity index (χ0) is 20.5. The summed E-state index contributed by atoms with van der Waals surface area (Å²) < 4.78 is 7.86. The molecule has 0 aliphatic heterocycles. The van der Waals surface area contributed by atoms with Crippen molar-refractivity contribution in [3.63, 3.8) is 0 Å². The van der Waals surface area contributed by atoms with Crippen LogP contribution < -0.4 is 10.1 Å². The van der Waals surface area contributed by atoms with Crippen LogP contribution in [0.15, 0.2) is 60.8 Å². The number of pyridine rings is 1. The van der Waals surface area contributed by atoms with Gasteiger partial charge in [-0.25, -0.2) is 9.78 Å². The summed E-state index contributed by atoms with van der Waals surface area (Å²) in [4.78, 5) is 16.7. The Balaban J connectivity index is 1.33. The van der Waals surface area contributed by atoms with Crippen LogP contribution in [0.2, 0.25) is 5.15 Å². The number of hydrogen-bond acceptors (Lipinski definition) is 3. The van der Waals surface area contributed by atoms with Crippen molar-refractivity contribution in [3.8, 4) is 5.75 Å². The second kappa shape index (κ2) is 8.00. The molecule has 0 atom stereocenters. The lowest BCUT2D eigenvalue weighted by molar-refractivity contribution is 0.215. The van der Waals surface area contributed by atoms with Crippen LogP contribution in [-0.4, -0.2) is 15.6 Å². The van der Waals surface area contributed by atoms with Crippen LogP contribution >= 0.6 is 11.6 Å². The largest absolute Gasteiger partial charge is 0.417 e. The number of fused-ring (bicyclic) bond motifs is 2. The van der Waals surface area contributed by atoms with Crippen LogP contribution in [0.5, 0.6) is 5.75 Å². The Morgan fingerprint density at radius 1 is 1.03 bits per heavy atom. The summed E-state index contributed by atoms with van der Waals surface area (Å²) in [5, 5.41) is 4.88. The second-order valence-corrected chi connectivity index (χ2v) is 8.13. The van der Waals surface area contributed by atoms with E-state index in [0.29, 0.717) is 17.5 Å². The number of aromatic nitrogens is 2. The van der Waals surface area contributed by atoms with Gasteiger partial charge in [0.05, 0.1) is 11.2 Å². The first-order chi connectivity index (χ1) is 14.7. The normalized spacial score (nSPS) is 14.8. The molecule has 1 amide bonds. The molecule has 2 heterocycles. The average molecular weight is 420 g/mol. The average Bonchev–Trinajstić information content (AvgIpc) is 3.18. The van der Waals surface area contributed by atoms with E-state index in [2.05, 4.69) is 27.1 Å². The number of carbonyl (C=O) groups excluding carboxylic acids is 1. The van der Waals surface area contributed by atoms with Crippen LogP contribution in [0.4, 0.5) is 10.5 Å². The Labute approximate surface area is 179 Å². The molecule has 6 heteroatoms. The van der Waals surface area contributed by atoms with Crippen molar-refractivity contribution in [3.05, 3.63) is 65.9 Å². The number of para-hydroxylation sites is 1. The molecule has 1 saturated carbocycles. The van der Waals surface area contributed by atoms with Gasteiger partial charge in [0.2, 0.25) is 0 Å². The maximum Gasteiger partial charge on any atom is 0.417 e. The van der Waals surface area contributed by atoms with Crippen molar-refractivity contribution >= 4 is 45.2 Å². The lowest BCUT2D eigenvalue weighted by atomic mass is 9.95. The van der Waals surface area contributed by atoms with Gasteiger partial charge in [-0.3, -0.25) is 5.32 Å². The van der Waals surface area contributed by atoms with Gasteiger partial charge in [-0.05, 0) is 49.2 Å². The Hall–Kier alpha value is -3.05. The smallest absolute Gasteiger partial charge is 0.410 e. The molecule has 0 unspecified atom stereocenters. The number of hydrogen-bond donors (Lipinski definition) is 1.